The van der Waals surface area contributed by atoms with E-state index in [1.165, 1.54) is 32.4 Å². The first-order valence-corrected chi connectivity index (χ1v) is 8.55. The molecule has 2 aromatic rings. The number of sulfone groups is 1. The lowest BCUT2D eigenvalue weighted by Crippen LogP contribution is -2.03. The van der Waals surface area contributed by atoms with Crippen LogP contribution in [0.1, 0.15) is 11.1 Å². The molecular formula is C18H17NO4S. The van der Waals surface area contributed by atoms with Gasteiger partial charge in [0.15, 0.2) is 0 Å². The monoisotopic (exact) mass is 343 g/mol. The predicted molar refractivity (Wildman–Crippen MR) is 91.5 cm³/mol. The summed E-state index contributed by atoms with van der Waals surface area (Å²) >= 11 is 0. The number of aryl methyl sites for hydroxylation is 1. The number of hydrogen-bond donors (Lipinski definition) is 0. The zero-order chi connectivity index (χ0) is 17.7. The standard InChI is InChI=1S/C18H17NO4S/c1-13-4-6-17(7-5-13)24(20,21)18(12-19)10-14-8-15(22-2)11-16(9-14)23-3/h4-11H,1-3H3. The van der Waals surface area contributed by atoms with Gasteiger partial charge in [0.05, 0.1) is 19.1 Å². The fourth-order valence-electron chi connectivity index (χ4n) is 2.08. The van der Waals surface area contributed by atoms with E-state index in [0.29, 0.717) is 17.1 Å². The lowest BCUT2D eigenvalue weighted by Gasteiger charge is -2.07. The molecule has 0 aliphatic carbocycles. The minimum atomic E-state index is -3.89. The molecule has 0 aliphatic rings. The van der Waals surface area contributed by atoms with Crippen LogP contribution in [0.4, 0.5) is 0 Å². The van der Waals surface area contributed by atoms with Crippen LogP contribution in [0, 0.1) is 18.3 Å². The van der Waals surface area contributed by atoms with E-state index in [0.717, 1.165) is 5.56 Å². The van der Waals surface area contributed by atoms with E-state index >= 15 is 0 Å². The van der Waals surface area contributed by atoms with Gasteiger partial charge in [-0.3, -0.25) is 0 Å². The van der Waals surface area contributed by atoms with Gasteiger partial charge in [-0.1, -0.05) is 17.7 Å². The van der Waals surface area contributed by atoms with Crippen molar-refractivity contribution in [1.82, 2.24) is 0 Å². The topological polar surface area (TPSA) is 76.4 Å². The van der Waals surface area contributed by atoms with Crippen molar-refractivity contribution in [1.29, 1.82) is 5.26 Å². The highest BCUT2D eigenvalue weighted by atomic mass is 32.2. The van der Waals surface area contributed by atoms with Gasteiger partial charge in [0, 0.05) is 6.07 Å². The molecule has 0 aliphatic heterocycles. The second kappa shape index (κ2) is 7.20. The third-order valence-corrected chi connectivity index (χ3v) is 5.08. The minimum Gasteiger partial charge on any atom is -0.497 e. The Morgan fingerprint density at radius 3 is 2.04 bits per heavy atom. The first-order valence-electron chi connectivity index (χ1n) is 7.07. The lowest BCUT2D eigenvalue weighted by atomic mass is 10.2. The zero-order valence-corrected chi connectivity index (χ0v) is 14.4. The molecule has 0 aromatic heterocycles. The number of methoxy groups -OCH3 is 2. The number of rotatable bonds is 5. The predicted octanol–water partition coefficient (Wildman–Crippen LogP) is 3.35. The Kier molecular flexibility index (Phi) is 5.27. The molecule has 0 bridgehead atoms. The molecule has 0 saturated carbocycles. The van der Waals surface area contributed by atoms with Gasteiger partial charge in [-0.05, 0) is 42.8 Å². The number of hydrogen-bond acceptors (Lipinski definition) is 5. The SMILES string of the molecule is COc1cc(C=C(C#N)S(=O)(=O)c2ccc(C)cc2)cc(OC)c1. The summed E-state index contributed by atoms with van der Waals surface area (Å²) in [5.41, 5.74) is 1.44. The van der Waals surface area contributed by atoms with Gasteiger partial charge < -0.3 is 9.47 Å². The van der Waals surface area contributed by atoms with Crippen LogP contribution >= 0.6 is 0 Å². The number of benzene rings is 2. The van der Waals surface area contributed by atoms with Crippen LogP contribution in [0.2, 0.25) is 0 Å². The second-order valence-corrected chi connectivity index (χ2v) is 7.00. The summed E-state index contributed by atoms with van der Waals surface area (Å²) in [6.07, 6.45) is 1.31. The molecule has 0 spiro atoms. The first kappa shape index (κ1) is 17.6. The molecule has 24 heavy (non-hydrogen) atoms. The van der Waals surface area contributed by atoms with Crippen molar-refractivity contribution in [3.8, 4) is 17.6 Å². The van der Waals surface area contributed by atoms with Crippen LogP contribution in [0.3, 0.4) is 0 Å². The Morgan fingerprint density at radius 1 is 1.04 bits per heavy atom. The maximum absolute atomic E-state index is 12.6. The largest absolute Gasteiger partial charge is 0.497 e. The van der Waals surface area contributed by atoms with Crippen molar-refractivity contribution in [2.75, 3.05) is 14.2 Å². The molecule has 0 unspecified atom stereocenters. The van der Waals surface area contributed by atoms with Gasteiger partial charge >= 0.3 is 0 Å². The lowest BCUT2D eigenvalue weighted by molar-refractivity contribution is 0.394. The van der Waals surface area contributed by atoms with Gasteiger partial charge in [-0.15, -0.1) is 0 Å². The Labute approximate surface area is 141 Å². The van der Waals surface area contributed by atoms with E-state index in [1.54, 1.807) is 36.4 Å². The average Bonchev–Trinajstić information content (AvgIpc) is 2.59. The molecule has 0 atom stereocenters. The van der Waals surface area contributed by atoms with E-state index < -0.39 is 9.84 Å². The van der Waals surface area contributed by atoms with Crippen LogP contribution < -0.4 is 9.47 Å². The van der Waals surface area contributed by atoms with Gasteiger partial charge in [-0.2, -0.15) is 5.26 Å². The molecule has 0 heterocycles. The van der Waals surface area contributed by atoms with Crippen molar-refractivity contribution in [3.63, 3.8) is 0 Å². The van der Waals surface area contributed by atoms with Gasteiger partial charge in [0.25, 0.3) is 0 Å². The maximum atomic E-state index is 12.6. The molecule has 5 nitrogen and oxygen atoms in total. The van der Waals surface area contributed by atoms with E-state index in [-0.39, 0.29) is 9.80 Å². The number of allylic oxidation sites excluding steroid dienone is 1. The van der Waals surface area contributed by atoms with E-state index in [4.69, 9.17) is 9.47 Å². The van der Waals surface area contributed by atoms with Gasteiger partial charge in [0.1, 0.15) is 22.5 Å². The highest BCUT2D eigenvalue weighted by molar-refractivity contribution is 7.95. The Bertz CT molecular complexity index is 885. The van der Waals surface area contributed by atoms with E-state index in [1.807, 2.05) is 6.92 Å². The molecule has 0 saturated heterocycles. The molecule has 124 valence electrons. The zero-order valence-electron chi connectivity index (χ0n) is 13.6. The fraction of sp³-hybridized carbons (Fsp3) is 0.167. The summed E-state index contributed by atoms with van der Waals surface area (Å²) in [4.78, 5) is -0.266. The quantitative estimate of drug-likeness (QED) is 0.778. The number of nitriles is 1. The molecule has 0 amide bonds. The van der Waals surface area contributed by atoms with E-state index in [2.05, 4.69) is 0 Å². The molecule has 0 fully saturated rings. The normalized spacial score (nSPS) is 11.7. The van der Waals surface area contributed by atoms with Crippen molar-refractivity contribution in [3.05, 3.63) is 58.5 Å². The third-order valence-electron chi connectivity index (χ3n) is 3.40. The van der Waals surface area contributed by atoms with Crippen LogP contribution in [0.5, 0.6) is 11.5 Å². The van der Waals surface area contributed by atoms with Gasteiger partial charge in [0.2, 0.25) is 9.84 Å². The number of nitrogens with zero attached hydrogens (tertiary/aromatic N) is 1. The summed E-state index contributed by atoms with van der Waals surface area (Å²) in [5.74, 6) is 1.01. The summed E-state index contributed by atoms with van der Waals surface area (Å²) in [6.45, 7) is 1.86. The molecule has 6 heteroatoms. The summed E-state index contributed by atoms with van der Waals surface area (Å²) in [6, 6.07) is 13.1. The highest BCUT2D eigenvalue weighted by Gasteiger charge is 2.20. The summed E-state index contributed by atoms with van der Waals surface area (Å²) in [5, 5.41) is 9.33. The van der Waals surface area contributed by atoms with Crippen molar-refractivity contribution < 1.29 is 17.9 Å². The van der Waals surface area contributed by atoms with E-state index in [9.17, 15) is 13.7 Å². The Balaban J connectivity index is 2.53. The van der Waals surface area contributed by atoms with Crippen molar-refractivity contribution in [2.24, 2.45) is 0 Å². The number of ether oxygens (including phenoxy) is 2. The smallest absolute Gasteiger partial charge is 0.216 e. The summed E-state index contributed by atoms with van der Waals surface area (Å²) in [7, 11) is -0.894. The van der Waals surface area contributed by atoms with Crippen LogP contribution in [-0.2, 0) is 9.84 Å². The molecule has 2 rings (SSSR count). The molecular weight excluding hydrogens is 326 g/mol. The highest BCUT2D eigenvalue weighted by Crippen LogP contribution is 2.26. The third kappa shape index (κ3) is 3.76. The average molecular weight is 343 g/mol. The van der Waals surface area contributed by atoms with Crippen LogP contribution in [-0.4, -0.2) is 22.6 Å². The van der Waals surface area contributed by atoms with Gasteiger partial charge in [-0.25, -0.2) is 8.42 Å². The molecule has 0 N–H and O–H groups in total. The fourth-order valence-corrected chi connectivity index (χ4v) is 3.24. The van der Waals surface area contributed by atoms with Crippen LogP contribution in [0.15, 0.2) is 52.3 Å². The minimum absolute atomic E-state index is 0.0794. The first-order chi connectivity index (χ1) is 11.4. The van der Waals surface area contributed by atoms with Crippen LogP contribution in [0.25, 0.3) is 6.08 Å². The van der Waals surface area contributed by atoms with Crippen molar-refractivity contribution in [2.45, 2.75) is 11.8 Å². The second-order valence-electron chi connectivity index (χ2n) is 5.08. The molecule has 0 radical (unpaired) electrons. The Morgan fingerprint density at radius 2 is 1.58 bits per heavy atom. The molecule has 2 aromatic carbocycles. The maximum Gasteiger partial charge on any atom is 0.216 e. The Hall–Kier alpha value is -2.78. The van der Waals surface area contributed by atoms with Crippen molar-refractivity contribution >= 4 is 15.9 Å². The summed E-state index contributed by atoms with van der Waals surface area (Å²) < 4.78 is 35.6.